The van der Waals surface area contributed by atoms with Gasteiger partial charge in [0.1, 0.15) is 23.8 Å². The number of alkyl halides is 3. The molecule has 0 radical (unpaired) electrons. The first-order valence-corrected chi connectivity index (χ1v) is 12.7. The fraction of sp³-hybridized carbons (Fsp3) is 0.667. The van der Waals surface area contributed by atoms with Gasteiger partial charge in [-0.3, -0.25) is 9.59 Å². The monoisotopic (exact) mass is 542 g/mol. The summed E-state index contributed by atoms with van der Waals surface area (Å²) in [6.45, 7) is 9.44. The summed E-state index contributed by atoms with van der Waals surface area (Å²) in [6.07, 6.45) is -5.44. The topological polar surface area (TPSA) is 132 Å². The van der Waals surface area contributed by atoms with Crippen molar-refractivity contribution in [1.29, 1.82) is 0 Å². The van der Waals surface area contributed by atoms with Crippen molar-refractivity contribution in [2.24, 2.45) is 17.3 Å². The molecule has 2 aliphatic heterocycles. The van der Waals surface area contributed by atoms with Crippen LogP contribution < -0.4 is 5.32 Å². The Morgan fingerprint density at radius 3 is 2.45 bits per heavy atom. The zero-order valence-electron chi connectivity index (χ0n) is 22.5. The first-order chi connectivity index (χ1) is 17.5. The molecule has 3 N–H and O–H groups in total. The summed E-state index contributed by atoms with van der Waals surface area (Å²) in [5, 5.41) is 24.7. The molecule has 0 aromatic carbocycles. The Hall–Kier alpha value is -2.50. The normalized spacial score (nSPS) is 35.2. The van der Waals surface area contributed by atoms with Crippen molar-refractivity contribution >= 4 is 17.8 Å². The first-order valence-electron chi connectivity index (χ1n) is 12.7. The number of Topliss-reactive ketones (excluding diaryl/α,β-unsaturated/α-hetero) is 1. The Labute approximate surface area is 220 Å². The summed E-state index contributed by atoms with van der Waals surface area (Å²) in [7, 11) is 0. The molecule has 3 heterocycles. The molecule has 0 saturated carbocycles. The highest BCUT2D eigenvalue weighted by molar-refractivity contribution is 5.88. The van der Waals surface area contributed by atoms with Crippen molar-refractivity contribution in [3.8, 4) is 0 Å². The molecule has 3 rings (SSSR count). The van der Waals surface area contributed by atoms with Gasteiger partial charge in [-0.1, -0.05) is 33.8 Å². The van der Waals surface area contributed by atoms with Crippen LogP contribution in [0.2, 0.25) is 0 Å². The lowest BCUT2D eigenvalue weighted by molar-refractivity contribution is -0.154. The number of aryl methyl sites for hydroxylation is 1. The third kappa shape index (κ3) is 6.92. The molecule has 212 valence electrons. The molecule has 0 spiro atoms. The Morgan fingerprint density at radius 1 is 1.21 bits per heavy atom. The number of nitrogens with zero attached hydrogens (tertiary/aromatic N) is 1. The van der Waals surface area contributed by atoms with Crippen molar-refractivity contribution in [2.75, 3.05) is 0 Å². The second-order valence-corrected chi connectivity index (χ2v) is 11.1. The number of carbonyl (C=O) groups is 2. The van der Waals surface area contributed by atoms with Crippen LogP contribution in [0, 0.1) is 24.2 Å². The molecule has 1 saturated heterocycles. The van der Waals surface area contributed by atoms with Gasteiger partial charge in [0.15, 0.2) is 5.89 Å². The number of rotatable bonds is 2. The molecule has 1 aromatic rings. The van der Waals surface area contributed by atoms with Gasteiger partial charge in [-0.2, -0.15) is 13.2 Å². The molecule has 11 heteroatoms. The Kier molecular flexibility index (Phi) is 8.95. The predicted octanol–water partition coefficient (Wildman–Crippen LogP) is 3.90. The number of cyclic esters (lactones) is 1. The minimum absolute atomic E-state index is 0.259. The molecule has 0 aliphatic carbocycles. The number of hydrogen-bond acceptors (Lipinski definition) is 8. The summed E-state index contributed by atoms with van der Waals surface area (Å²) in [5.41, 5.74) is -1.30. The van der Waals surface area contributed by atoms with E-state index in [0.29, 0.717) is 17.2 Å². The molecule has 1 aromatic heterocycles. The quantitative estimate of drug-likeness (QED) is 0.291. The minimum Gasteiger partial charge on any atom is -0.457 e. The van der Waals surface area contributed by atoms with Crippen molar-refractivity contribution < 1.29 is 42.1 Å². The number of nitrogens with one attached hydrogen (secondary N) is 1. The first kappa shape index (κ1) is 30.0. The maximum absolute atomic E-state index is 13.9. The zero-order chi connectivity index (χ0) is 28.6. The number of aromatic nitrogens is 1. The van der Waals surface area contributed by atoms with Gasteiger partial charge in [-0.25, -0.2) is 4.98 Å². The van der Waals surface area contributed by atoms with Gasteiger partial charge >= 0.3 is 12.1 Å². The van der Waals surface area contributed by atoms with E-state index in [1.807, 2.05) is 0 Å². The van der Waals surface area contributed by atoms with E-state index in [1.54, 1.807) is 26.8 Å². The van der Waals surface area contributed by atoms with Crippen LogP contribution in [0.1, 0.15) is 65.5 Å². The Morgan fingerprint density at radius 2 is 1.87 bits per heavy atom. The third-order valence-corrected chi connectivity index (χ3v) is 7.77. The van der Waals surface area contributed by atoms with E-state index in [1.165, 1.54) is 27.0 Å². The van der Waals surface area contributed by atoms with Gasteiger partial charge in [-0.15, -0.1) is 0 Å². The van der Waals surface area contributed by atoms with Crippen molar-refractivity contribution in [3.63, 3.8) is 0 Å². The number of ether oxygens (including phenoxy) is 1. The number of carbonyl (C=O) groups excluding carboxylic acids is 2. The number of oxazole rings is 1. The molecule has 38 heavy (non-hydrogen) atoms. The van der Waals surface area contributed by atoms with E-state index in [2.05, 4.69) is 10.3 Å². The van der Waals surface area contributed by atoms with Gasteiger partial charge in [0.05, 0.1) is 24.0 Å². The number of esters is 1. The van der Waals surface area contributed by atoms with E-state index in [4.69, 9.17) is 9.15 Å². The van der Waals surface area contributed by atoms with Gasteiger partial charge < -0.3 is 24.7 Å². The van der Waals surface area contributed by atoms with E-state index in [-0.39, 0.29) is 12.8 Å². The predicted molar refractivity (Wildman–Crippen MR) is 133 cm³/mol. The highest BCUT2D eigenvalue weighted by Gasteiger charge is 2.49. The van der Waals surface area contributed by atoms with Gasteiger partial charge in [0, 0.05) is 36.9 Å². The molecule has 0 bridgehead atoms. The molecule has 1 fully saturated rings. The molecular formula is C27H37F3N2O6. The average Bonchev–Trinajstić information content (AvgIpc) is 3.48. The number of hydrogen-bond donors (Lipinski definition) is 3. The Balaban J connectivity index is 1.98. The van der Waals surface area contributed by atoms with Gasteiger partial charge in [0.2, 0.25) is 0 Å². The maximum Gasteiger partial charge on any atom is 0.412 e. The summed E-state index contributed by atoms with van der Waals surface area (Å²) in [5.74, 6) is -2.35. The van der Waals surface area contributed by atoms with Crippen LogP contribution in [0.5, 0.6) is 0 Å². The van der Waals surface area contributed by atoms with E-state index < -0.39 is 77.6 Å². The highest BCUT2D eigenvalue weighted by Crippen LogP contribution is 2.38. The lowest BCUT2D eigenvalue weighted by atomic mass is 9.73. The number of aliphatic hydroxyl groups excluding tert-OH is 2. The lowest BCUT2D eigenvalue weighted by Crippen LogP contribution is -2.46. The summed E-state index contributed by atoms with van der Waals surface area (Å²) in [4.78, 5) is 30.2. The highest BCUT2D eigenvalue weighted by atomic mass is 19.4. The largest absolute Gasteiger partial charge is 0.457 e. The van der Waals surface area contributed by atoms with Crippen molar-refractivity contribution in [3.05, 3.63) is 35.1 Å². The summed E-state index contributed by atoms with van der Waals surface area (Å²) in [6, 6.07) is -0.935. The molecule has 8 nitrogen and oxygen atoms in total. The van der Waals surface area contributed by atoms with Crippen molar-refractivity contribution in [1.82, 2.24) is 10.3 Å². The van der Waals surface area contributed by atoms with Crippen LogP contribution in [-0.2, 0) is 14.3 Å². The maximum atomic E-state index is 13.9. The second kappa shape index (κ2) is 11.3. The van der Waals surface area contributed by atoms with E-state index >= 15 is 0 Å². The van der Waals surface area contributed by atoms with Crippen LogP contribution in [0.3, 0.4) is 0 Å². The van der Waals surface area contributed by atoms with Crippen LogP contribution in [-0.4, -0.2) is 63.5 Å². The van der Waals surface area contributed by atoms with E-state index in [9.17, 15) is 33.0 Å². The number of halogens is 3. The number of aliphatic hydroxyl groups is 2. The van der Waals surface area contributed by atoms with Gasteiger partial charge in [-0.05, 0) is 30.9 Å². The van der Waals surface area contributed by atoms with Crippen LogP contribution >= 0.6 is 0 Å². The summed E-state index contributed by atoms with van der Waals surface area (Å²) < 4.78 is 52.5. The zero-order valence-corrected chi connectivity index (χ0v) is 22.5. The fourth-order valence-electron chi connectivity index (χ4n) is 4.99. The standard InChI is InChI=1S/C27H37F3N2O6/c1-13(9-18-12-37-16(4)31-18)20-8-7-17(27(28,29)30)10-19-23(32-19)14(2)24(35)15(3)25(36)26(5,6)21(33)11-22(34)38-20/h7,9,12,14-15,19-21,23-24,32-33,35H,8,10-11H2,1-6H3/b13-9?,17-7+/t14-,15+,19?,20+,21-,23?,24+/m0/s1. The van der Waals surface area contributed by atoms with E-state index in [0.717, 1.165) is 6.08 Å². The van der Waals surface area contributed by atoms with Gasteiger partial charge in [0.25, 0.3) is 0 Å². The van der Waals surface area contributed by atoms with Crippen LogP contribution in [0.4, 0.5) is 13.2 Å². The van der Waals surface area contributed by atoms with Crippen molar-refractivity contribution in [2.45, 2.75) is 97.4 Å². The molecule has 2 aliphatic rings. The summed E-state index contributed by atoms with van der Waals surface area (Å²) >= 11 is 0. The number of fused-ring (bicyclic) bond motifs is 1. The minimum atomic E-state index is -4.61. The van der Waals surface area contributed by atoms with Crippen LogP contribution in [0.25, 0.3) is 6.08 Å². The average molecular weight is 543 g/mol. The van der Waals surface area contributed by atoms with Crippen LogP contribution in [0.15, 0.2) is 27.9 Å². The smallest absolute Gasteiger partial charge is 0.412 e. The fourth-order valence-corrected chi connectivity index (χ4v) is 4.99. The third-order valence-electron chi connectivity index (χ3n) is 7.77. The molecule has 2 unspecified atom stereocenters. The molecular weight excluding hydrogens is 505 g/mol. The lowest BCUT2D eigenvalue weighted by Gasteiger charge is -2.34. The second-order valence-electron chi connectivity index (χ2n) is 11.1. The Bertz CT molecular complexity index is 1090. The number of ketones is 1. The SMILES string of the molecule is CC(=Cc1coc(C)n1)[C@H]1C/C=C(/C(F)(F)F)CC2NC2[C@H](C)[C@@H](O)[C@@H](C)C(=O)C(C)(C)[C@@H](O)CC(=O)O1. The molecule has 0 amide bonds. The molecule has 7 atom stereocenters.